The van der Waals surface area contributed by atoms with E-state index in [0.29, 0.717) is 11.5 Å². The molecule has 0 bridgehead atoms. The Bertz CT molecular complexity index is 932. The predicted molar refractivity (Wildman–Crippen MR) is 100 cm³/mol. The van der Waals surface area contributed by atoms with Crippen LogP contribution in [-0.2, 0) is 7.05 Å². The molecule has 0 aliphatic heterocycles. The third-order valence-corrected chi connectivity index (χ3v) is 4.29. The van der Waals surface area contributed by atoms with Crippen LogP contribution in [0.1, 0.15) is 11.3 Å². The van der Waals surface area contributed by atoms with E-state index < -0.39 is 0 Å². The van der Waals surface area contributed by atoms with Gasteiger partial charge in [0, 0.05) is 35.2 Å². The summed E-state index contributed by atoms with van der Waals surface area (Å²) in [5.74, 6) is 2.05. The van der Waals surface area contributed by atoms with Gasteiger partial charge < -0.3 is 14.2 Å². The lowest BCUT2D eigenvalue weighted by molar-refractivity contribution is -0.646. The predicted octanol–water partition coefficient (Wildman–Crippen LogP) is 3.86. The SMILES string of the molecule is COc1cc(OC)c(OC)cc1/C=C\c1ccc2ccccc2[n+]1C. The first kappa shape index (κ1) is 16.8. The van der Waals surface area contributed by atoms with Gasteiger partial charge in [0.2, 0.25) is 11.2 Å². The average Bonchev–Trinajstić information content (AvgIpc) is 2.67. The summed E-state index contributed by atoms with van der Waals surface area (Å²) in [5, 5.41) is 1.21. The Balaban J connectivity index is 2.03. The number of nitrogens with zero attached hydrogens (tertiary/aromatic N) is 1. The molecule has 0 fully saturated rings. The quantitative estimate of drug-likeness (QED) is 0.663. The molecule has 0 aliphatic rings. The Labute approximate surface area is 147 Å². The van der Waals surface area contributed by atoms with Crippen LogP contribution in [0.4, 0.5) is 0 Å². The Morgan fingerprint density at radius 2 is 1.44 bits per heavy atom. The number of para-hydroxylation sites is 1. The van der Waals surface area contributed by atoms with E-state index in [9.17, 15) is 0 Å². The van der Waals surface area contributed by atoms with Crippen molar-refractivity contribution in [1.29, 1.82) is 0 Å². The molecule has 0 atom stereocenters. The molecule has 1 aromatic heterocycles. The highest BCUT2D eigenvalue weighted by molar-refractivity contribution is 5.78. The van der Waals surface area contributed by atoms with Crippen molar-refractivity contribution in [3.05, 3.63) is 59.8 Å². The molecular formula is C21H22NO3+. The van der Waals surface area contributed by atoms with Crippen LogP contribution >= 0.6 is 0 Å². The van der Waals surface area contributed by atoms with E-state index in [-0.39, 0.29) is 0 Å². The molecule has 25 heavy (non-hydrogen) atoms. The number of rotatable bonds is 5. The van der Waals surface area contributed by atoms with Crippen molar-refractivity contribution >= 4 is 23.1 Å². The topological polar surface area (TPSA) is 31.6 Å². The number of aryl methyl sites for hydroxylation is 1. The van der Waals surface area contributed by atoms with Gasteiger partial charge in [0.25, 0.3) is 0 Å². The molecule has 128 valence electrons. The van der Waals surface area contributed by atoms with Gasteiger partial charge in [0.05, 0.1) is 21.3 Å². The van der Waals surface area contributed by atoms with Crippen LogP contribution in [0.2, 0.25) is 0 Å². The summed E-state index contributed by atoms with van der Waals surface area (Å²) in [6, 6.07) is 16.3. The highest BCUT2D eigenvalue weighted by Crippen LogP contribution is 2.35. The normalized spacial score (nSPS) is 11.0. The minimum atomic E-state index is 0.646. The first-order valence-corrected chi connectivity index (χ1v) is 8.03. The molecule has 0 saturated carbocycles. The summed E-state index contributed by atoms with van der Waals surface area (Å²) in [6.07, 6.45) is 4.08. The van der Waals surface area contributed by atoms with Crippen LogP contribution in [0.5, 0.6) is 17.2 Å². The molecule has 3 aromatic rings. The number of fused-ring (bicyclic) bond motifs is 1. The number of hydrogen-bond acceptors (Lipinski definition) is 3. The van der Waals surface area contributed by atoms with Crippen LogP contribution in [-0.4, -0.2) is 21.3 Å². The van der Waals surface area contributed by atoms with Gasteiger partial charge in [0.15, 0.2) is 11.5 Å². The van der Waals surface area contributed by atoms with Crippen LogP contribution in [0.3, 0.4) is 0 Å². The Morgan fingerprint density at radius 3 is 2.16 bits per heavy atom. The van der Waals surface area contributed by atoms with E-state index in [4.69, 9.17) is 14.2 Å². The summed E-state index contributed by atoms with van der Waals surface area (Å²) in [7, 11) is 6.95. The number of aromatic nitrogens is 1. The van der Waals surface area contributed by atoms with E-state index in [1.165, 1.54) is 10.9 Å². The fraction of sp³-hybridized carbons (Fsp3) is 0.190. The fourth-order valence-corrected chi connectivity index (χ4v) is 2.89. The van der Waals surface area contributed by atoms with Gasteiger partial charge in [-0.15, -0.1) is 0 Å². The summed E-state index contributed by atoms with van der Waals surface area (Å²) in [5.41, 5.74) is 3.20. The minimum Gasteiger partial charge on any atom is -0.496 e. The van der Waals surface area contributed by atoms with Crippen LogP contribution < -0.4 is 18.8 Å². The van der Waals surface area contributed by atoms with E-state index >= 15 is 0 Å². The number of benzene rings is 2. The third-order valence-electron chi connectivity index (χ3n) is 4.29. The van der Waals surface area contributed by atoms with Gasteiger partial charge in [-0.1, -0.05) is 12.1 Å². The van der Waals surface area contributed by atoms with Crippen molar-refractivity contribution in [3.8, 4) is 17.2 Å². The third kappa shape index (κ3) is 3.29. The van der Waals surface area contributed by atoms with Gasteiger partial charge in [-0.25, -0.2) is 0 Å². The van der Waals surface area contributed by atoms with Crippen LogP contribution in [0.25, 0.3) is 23.1 Å². The number of methoxy groups -OCH3 is 3. The number of ether oxygens (including phenoxy) is 3. The molecule has 4 heteroatoms. The molecule has 1 heterocycles. The molecule has 0 spiro atoms. The number of pyridine rings is 1. The second-order valence-electron chi connectivity index (χ2n) is 5.66. The Kier molecular flexibility index (Phi) is 4.89. The van der Waals surface area contributed by atoms with Gasteiger partial charge >= 0.3 is 0 Å². The zero-order valence-electron chi connectivity index (χ0n) is 14.9. The van der Waals surface area contributed by atoms with E-state index in [1.54, 1.807) is 21.3 Å². The fourth-order valence-electron chi connectivity index (χ4n) is 2.89. The highest BCUT2D eigenvalue weighted by Gasteiger charge is 2.12. The molecule has 0 aliphatic carbocycles. The van der Waals surface area contributed by atoms with Crippen molar-refractivity contribution in [1.82, 2.24) is 0 Å². The molecule has 3 rings (SSSR count). The van der Waals surface area contributed by atoms with Gasteiger partial charge in [-0.05, 0) is 24.3 Å². The van der Waals surface area contributed by atoms with E-state index in [0.717, 1.165) is 17.0 Å². The zero-order chi connectivity index (χ0) is 17.8. The average molecular weight is 336 g/mol. The van der Waals surface area contributed by atoms with Crippen molar-refractivity contribution in [2.45, 2.75) is 0 Å². The lowest BCUT2D eigenvalue weighted by Gasteiger charge is -2.12. The second kappa shape index (κ2) is 7.26. The van der Waals surface area contributed by atoms with Crippen LogP contribution in [0, 0.1) is 0 Å². The summed E-state index contributed by atoms with van der Waals surface area (Å²) < 4.78 is 18.4. The summed E-state index contributed by atoms with van der Waals surface area (Å²) in [4.78, 5) is 0. The first-order valence-electron chi connectivity index (χ1n) is 8.03. The van der Waals surface area contributed by atoms with E-state index in [1.807, 2.05) is 30.3 Å². The number of hydrogen-bond donors (Lipinski definition) is 0. The minimum absolute atomic E-state index is 0.646. The maximum absolute atomic E-state index is 5.48. The molecule has 0 radical (unpaired) electrons. The molecule has 0 N–H and O–H groups in total. The largest absolute Gasteiger partial charge is 0.496 e. The Morgan fingerprint density at radius 1 is 0.760 bits per heavy atom. The molecular weight excluding hydrogens is 314 g/mol. The molecule has 0 amide bonds. The van der Waals surface area contributed by atoms with Crippen molar-refractivity contribution in [3.63, 3.8) is 0 Å². The molecule has 2 aromatic carbocycles. The lowest BCUT2D eigenvalue weighted by atomic mass is 10.1. The van der Waals surface area contributed by atoms with E-state index in [2.05, 4.69) is 42.0 Å². The zero-order valence-corrected chi connectivity index (χ0v) is 14.9. The maximum Gasteiger partial charge on any atom is 0.212 e. The second-order valence-corrected chi connectivity index (χ2v) is 5.66. The van der Waals surface area contributed by atoms with Crippen molar-refractivity contribution < 1.29 is 18.8 Å². The highest BCUT2D eigenvalue weighted by atomic mass is 16.5. The summed E-state index contributed by atoms with van der Waals surface area (Å²) in [6.45, 7) is 0. The summed E-state index contributed by atoms with van der Waals surface area (Å²) >= 11 is 0. The molecule has 0 saturated heterocycles. The first-order chi connectivity index (χ1) is 12.2. The Hall–Kier alpha value is -3.01. The van der Waals surface area contributed by atoms with Crippen LogP contribution in [0.15, 0.2) is 48.5 Å². The monoisotopic (exact) mass is 336 g/mol. The maximum atomic E-state index is 5.48. The smallest absolute Gasteiger partial charge is 0.212 e. The van der Waals surface area contributed by atoms with Gasteiger partial charge in [-0.2, -0.15) is 4.57 Å². The van der Waals surface area contributed by atoms with Gasteiger partial charge in [0.1, 0.15) is 12.8 Å². The van der Waals surface area contributed by atoms with Gasteiger partial charge in [-0.3, -0.25) is 0 Å². The van der Waals surface area contributed by atoms with Crippen molar-refractivity contribution in [2.24, 2.45) is 7.05 Å². The lowest BCUT2D eigenvalue weighted by Crippen LogP contribution is -2.32. The molecule has 4 nitrogen and oxygen atoms in total. The molecule has 0 unspecified atom stereocenters. The van der Waals surface area contributed by atoms with Crippen molar-refractivity contribution in [2.75, 3.05) is 21.3 Å². The standard InChI is InChI=1S/C21H22NO3/c1-22-17(11-9-15-7-5-6-8-18(15)22)12-10-16-13-20(24-3)21(25-4)14-19(16)23-2/h5-14H,1-4H3/q+1/b12-10-.